The van der Waals surface area contributed by atoms with Crippen molar-refractivity contribution in [2.24, 2.45) is 0 Å². The summed E-state index contributed by atoms with van der Waals surface area (Å²) >= 11 is 0. The molecule has 1 aliphatic rings. The van der Waals surface area contributed by atoms with E-state index in [0.717, 1.165) is 37.3 Å². The predicted molar refractivity (Wildman–Crippen MR) is 99.7 cm³/mol. The standard InChI is InChI=1S/C19H22F2N2O2S/c1-14-3-2-4-16(13-14)22-15-9-11-23(12-10-15)17-5-7-18(8-6-17)26(24,25)19(20)21/h2-8,13,15,19,22H,9-12H2,1H3. The van der Waals surface area contributed by atoms with E-state index < -0.39 is 15.6 Å². The summed E-state index contributed by atoms with van der Waals surface area (Å²) < 4.78 is 48.2. The zero-order valence-electron chi connectivity index (χ0n) is 14.5. The van der Waals surface area contributed by atoms with Crippen molar-refractivity contribution in [2.45, 2.75) is 36.5 Å². The number of aryl methyl sites for hydroxylation is 1. The van der Waals surface area contributed by atoms with Gasteiger partial charge in [0.25, 0.3) is 0 Å². The maximum absolute atomic E-state index is 12.6. The first-order chi connectivity index (χ1) is 12.4. The van der Waals surface area contributed by atoms with E-state index in [9.17, 15) is 17.2 Å². The highest BCUT2D eigenvalue weighted by atomic mass is 32.2. The van der Waals surface area contributed by atoms with Crippen LogP contribution in [0.3, 0.4) is 0 Å². The van der Waals surface area contributed by atoms with Gasteiger partial charge in [-0.25, -0.2) is 8.42 Å². The van der Waals surface area contributed by atoms with Crippen molar-refractivity contribution < 1.29 is 17.2 Å². The molecular weight excluding hydrogens is 358 g/mol. The lowest BCUT2D eigenvalue weighted by molar-refractivity contribution is 0.234. The molecule has 0 spiro atoms. The number of hydrogen-bond acceptors (Lipinski definition) is 4. The SMILES string of the molecule is Cc1cccc(NC2CCN(c3ccc(S(=O)(=O)C(F)F)cc3)CC2)c1. The fourth-order valence-corrected chi connectivity index (χ4v) is 3.92. The zero-order valence-corrected chi connectivity index (χ0v) is 15.3. The molecule has 0 atom stereocenters. The second-order valence-corrected chi connectivity index (χ2v) is 8.49. The molecule has 1 heterocycles. The summed E-state index contributed by atoms with van der Waals surface area (Å²) in [5, 5.41) is 3.55. The van der Waals surface area contributed by atoms with Gasteiger partial charge < -0.3 is 10.2 Å². The summed E-state index contributed by atoms with van der Waals surface area (Å²) in [6.07, 6.45) is 1.90. The second-order valence-electron chi connectivity index (χ2n) is 6.57. The molecule has 0 unspecified atom stereocenters. The smallest absolute Gasteiger partial charge is 0.341 e. The lowest BCUT2D eigenvalue weighted by atomic mass is 10.0. The van der Waals surface area contributed by atoms with Crippen LogP contribution in [0.15, 0.2) is 53.4 Å². The molecule has 0 aliphatic carbocycles. The summed E-state index contributed by atoms with van der Waals surface area (Å²) in [5.41, 5.74) is 3.18. The van der Waals surface area contributed by atoms with Crippen LogP contribution in [0.25, 0.3) is 0 Å². The molecule has 1 fully saturated rings. The molecule has 0 radical (unpaired) electrons. The summed E-state index contributed by atoms with van der Waals surface area (Å²) in [6, 6.07) is 14.4. The topological polar surface area (TPSA) is 49.4 Å². The molecule has 0 aromatic heterocycles. The monoisotopic (exact) mass is 380 g/mol. The molecule has 0 bridgehead atoms. The van der Waals surface area contributed by atoms with E-state index in [1.165, 1.54) is 17.7 Å². The van der Waals surface area contributed by atoms with Gasteiger partial charge in [0.2, 0.25) is 9.84 Å². The Bertz CT molecular complexity index is 846. The lowest BCUT2D eigenvalue weighted by Crippen LogP contribution is -2.39. The molecular formula is C19H22F2N2O2S. The number of benzene rings is 2. The van der Waals surface area contributed by atoms with Crippen molar-refractivity contribution in [2.75, 3.05) is 23.3 Å². The number of nitrogens with one attached hydrogen (secondary N) is 1. The highest BCUT2D eigenvalue weighted by Crippen LogP contribution is 2.25. The normalized spacial score (nSPS) is 16.1. The number of nitrogens with zero attached hydrogens (tertiary/aromatic N) is 1. The Morgan fingerprint density at radius 1 is 1.08 bits per heavy atom. The number of anilines is 2. The van der Waals surface area contributed by atoms with E-state index in [-0.39, 0.29) is 4.90 Å². The van der Waals surface area contributed by atoms with E-state index in [1.807, 2.05) is 6.07 Å². The molecule has 0 amide bonds. The molecule has 1 N–H and O–H groups in total. The van der Waals surface area contributed by atoms with Crippen molar-refractivity contribution in [3.63, 3.8) is 0 Å². The fraction of sp³-hybridized carbons (Fsp3) is 0.368. The number of hydrogen-bond donors (Lipinski definition) is 1. The van der Waals surface area contributed by atoms with Gasteiger partial charge in [0.15, 0.2) is 0 Å². The Kier molecular flexibility index (Phi) is 5.46. The van der Waals surface area contributed by atoms with Crippen molar-refractivity contribution >= 4 is 21.2 Å². The minimum absolute atomic E-state index is 0.341. The Hall–Kier alpha value is -2.15. The molecule has 0 saturated carbocycles. The average molecular weight is 380 g/mol. The molecule has 7 heteroatoms. The Morgan fingerprint density at radius 3 is 2.31 bits per heavy atom. The summed E-state index contributed by atoms with van der Waals surface area (Å²) in [6.45, 7) is 3.71. The van der Waals surface area contributed by atoms with Gasteiger partial charge in [0.05, 0.1) is 4.90 Å². The summed E-state index contributed by atoms with van der Waals surface area (Å²) in [7, 11) is -4.53. The molecule has 2 aromatic carbocycles. The fourth-order valence-electron chi connectivity index (χ4n) is 3.20. The minimum Gasteiger partial charge on any atom is -0.382 e. The van der Waals surface area contributed by atoms with Crippen LogP contribution in [-0.4, -0.2) is 33.3 Å². The number of sulfone groups is 1. The van der Waals surface area contributed by atoms with Gasteiger partial charge in [-0.1, -0.05) is 12.1 Å². The first-order valence-corrected chi connectivity index (χ1v) is 10.1. The van der Waals surface area contributed by atoms with Gasteiger partial charge in [-0.05, 0) is 61.7 Å². The third-order valence-corrected chi connectivity index (χ3v) is 6.05. The van der Waals surface area contributed by atoms with Gasteiger partial charge >= 0.3 is 5.76 Å². The van der Waals surface area contributed by atoms with E-state index in [1.54, 1.807) is 12.1 Å². The number of alkyl halides is 2. The lowest BCUT2D eigenvalue weighted by Gasteiger charge is -2.34. The van der Waals surface area contributed by atoms with Gasteiger partial charge in [-0.3, -0.25) is 0 Å². The van der Waals surface area contributed by atoms with Crippen LogP contribution in [0, 0.1) is 6.92 Å². The number of rotatable bonds is 5. The highest BCUT2D eigenvalue weighted by molar-refractivity contribution is 7.91. The Morgan fingerprint density at radius 2 is 1.73 bits per heavy atom. The Labute approximate surface area is 152 Å². The van der Waals surface area contributed by atoms with Crippen LogP contribution in [0.5, 0.6) is 0 Å². The highest BCUT2D eigenvalue weighted by Gasteiger charge is 2.27. The van der Waals surface area contributed by atoms with E-state index in [2.05, 4.69) is 35.3 Å². The largest absolute Gasteiger partial charge is 0.382 e. The first-order valence-electron chi connectivity index (χ1n) is 8.56. The number of halogens is 2. The maximum Gasteiger partial charge on any atom is 0.341 e. The molecule has 1 saturated heterocycles. The van der Waals surface area contributed by atoms with Crippen molar-refractivity contribution in [3.05, 3.63) is 54.1 Å². The van der Waals surface area contributed by atoms with Crippen LogP contribution < -0.4 is 10.2 Å². The molecule has 2 aromatic rings. The average Bonchev–Trinajstić information content (AvgIpc) is 2.62. The third-order valence-electron chi connectivity index (χ3n) is 4.65. The van der Waals surface area contributed by atoms with Crippen LogP contribution in [0.4, 0.5) is 20.2 Å². The van der Waals surface area contributed by atoms with E-state index >= 15 is 0 Å². The van der Waals surface area contributed by atoms with E-state index in [0.29, 0.717) is 6.04 Å². The van der Waals surface area contributed by atoms with Gasteiger partial charge in [-0.2, -0.15) is 8.78 Å². The second kappa shape index (κ2) is 7.61. The van der Waals surface area contributed by atoms with Gasteiger partial charge in [-0.15, -0.1) is 0 Å². The van der Waals surface area contributed by atoms with Crippen molar-refractivity contribution in [1.82, 2.24) is 0 Å². The van der Waals surface area contributed by atoms with Crippen LogP contribution in [0.1, 0.15) is 18.4 Å². The van der Waals surface area contributed by atoms with Crippen LogP contribution in [-0.2, 0) is 9.84 Å². The van der Waals surface area contributed by atoms with Gasteiger partial charge in [0.1, 0.15) is 0 Å². The molecule has 140 valence electrons. The predicted octanol–water partition coefficient (Wildman–Crippen LogP) is 4.07. The maximum atomic E-state index is 12.6. The van der Waals surface area contributed by atoms with Crippen molar-refractivity contribution in [1.29, 1.82) is 0 Å². The third kappa shape index (κ3) is 4.15. The van der Waals surface area contributed by atoms with Crippen LogP contribution >= 0.6 is 0 Å². The molecule has 3 rings (SSSR count). The number of piperidine rings is 1. The summed E-state index contributed by atoms with van der Waals surface area (Å²) in [4.78, 5) is 1.81. The summed E-state index contributed by atoms with van der Waals surface area (Å²) in [5.74, 6) is -3.39. The van der Waals surface area contributed by atoms with E-state index in [4.69, 9.17) is 0 Å². The minimum atomic E-state index is -4.53. The first kappa shape index (κ1) is 18.6. The molecule has 1 aliphatic heterocycles. The van der Waals surface area contributed by atoms with Gasteiger partial charge in [0, 0.05) is 30.5 Å². The molecule has 26 heavy (non-hydrogen) atoms. The zero-order chi connectivity index (χ0) is 18.7. The quantitative estimate of drug-likeness (QED) is 0.849. The molecule has 4 nitrogen and oxygen atoms in total. The van der Waals surface area contributed by atoms with Crippen LogP contribution in [0.2, 0.25) is 0 Å². The van der Waals surface area contributed by atoms with Crippen molar-refractivity contribution in [3.8, 4) is 0 Å². The Balaban J connectivity index is 1.60.